The Hall–Kier alpha value is -2.83. The topological polar surface area (TPSA) is 41.9 Å². The smallest absolute Gasteiger partial charge is 0.390 e. The first-order valence-corrected chi connectivity index (χ1v) is 10.6. The van der Waals surface area contributed by atoms with E-state index in [1.807, 2.05) is 52.0 Å². The third-order valence-corrected chi connectivity index (χ3v) is 5.23. The number of nitrogens with zero attached hydrogens (tertiary/aromatic N) is 2. The van der Waals surface area contributed by atoms with Gasteiger partial charge in [-0.1, -0.05) is 67.9 Å². The molecule has 2 aromatic rings. The molecular formula is C25H29F3N2O2. The lowest BCUT2D eigenvalue weighted by atomic mass is 9.91. The van der Waals surface area contributed by atoms with Crippen molar-refractivity contribution in [1.82, 2.24) is 4.90 Å². The Balaban J connectivity index is 1.71. The van der Waals surface area contributed by atoms with Gasteiger partial charge in [0, 0.05) is 19.4 Å². The van der Waals surface area contributed by atoms with Crippen molar-refractivity contribution >= 4 is 11.6 Å². The van der Waals surface area contributed by atoms with E-state index in [0.717, 1.165) is 29.0 Å². The van der Waals surface area contributed by atoms with Crippen LogP contribution in [0.5, 0.6) is 0 Å². The van der Waals surface area contributed by atoms with Gasteiger partial charge in [0.05, 0.1) is 17.8 Å². The fraction of sp³-hybridized carbons (Fsp3) is 0.440. The first-order valence-electron chi connectivity index (χ1n) is 10.6. The average Bonchev–Trinajstić information content (AvgIpc) is 3.15. The minimum atomic E-state index is -4.39. The molecule has 1 aliphatic heterocycles. The number of rotatable bonds is 6. The number of aryl methyl sites for hydroxylation is 1. The Labute approximate surface area is 187 Å². The van der Waals surface area contributed by atoms with E-state index >= 15 is 0 Å². The van der Waals surface area contributed by atoms with Gasteiger partial charge in [-0.2, -0.15) is 13.2 Å². The van der Waals surface area contributed by atoms with Crippen molar-refractivity contribution in [1.29, 1.82) is 0 Å². The van der Waals surface area contributed by atoms with Crippen LogP contribution in [0.1, 0.15) is 55.9 Å². The number of halogens is 3. The number of benzene rings is 2. The fourth-order valence-electron chi connectivity index (χ4n) is 3.53. The summed E-state index contributed by atoms with van der Waals surface area (Å²) in [5.41, 5.74) is 2.68. The summed E-state index contributed by atoms with van der Waals surface area (Å²) < 4.78 is 38.6. The maximum Gasteiger partial charge on any atom is 0.416 e. The van der Waals surface area contributed by atoms with Crippen molar-refractivity contribution < 1.29 is 22.8 Å². The van der Waals surface area contributed by atoms with E-state index < -0.39 is 11.7 Å². The van der Waals surface area contributed by atoms with Crippen LogP contribution in [-0.2, 0) is 22.4 Å². The minimum absolute atomic E-state index is 0.0650. The van der Waals surface area contributed by atoms with Crippen LogP contribution in [0.4, 0.5) is 13.2 Å². The Morgan fingerprint density at radius 3 is 2.25 bits per heavy atom. The number of oxime groups is 1. The zero-order chi connectivity index (χ0) is 23.5. The van der Waals surface area contributed by atoms with Crippen LogP contribution in [0.15, 0.2) is 53.7 Å². The summed E-state index contributed by atoms with van der Waals surface area (Å²) in [4.78, 5) is 20.3. The largest absolute Gasteiger partial charge is 0.416 e. The lowest BCUT2D eigenvalue weighted by Gasteiger charge is -2.28. The van der Waals surface area contributed by atoms with Crippen LogP contribution in [-0.4, -0.2) is 29.2 Å². The maximum atomic E-state index is 13.0. The van der Waals surface area contributed by atoms with E-state index in [2.05, 4.69) is 5.16 Å². The highest BCUT2D eigenvalue weighted by molar-refractivity contribution is 6.01. The Bertz CT molecular complexity index is 959. The van der Waals surface area contributed by atoms with Crippen molar-refractivity contribution in [2.45, 2.75) is 59.4 Å². The normalized spacial score (nSPS) is 16.5. The molecule has 1 aliphatic rings. The SMILES string of the molecule is Cc1ccc(C2=NOC(CN(Cc3ccc(C(F)(F)F)cc3)C(=O)CC(C)(C)C)C2)cc1. The van der Waals surface area contributed by atoms with Crippen LogP contribution >= 0.6 is 0 Å². The van der Waals surface area contributed by atoms with Crippen LogP contribution in [0.2, 0.25) is 0 Å². The Kier molecular flexibility index (Phi) is 6.96. The number of hydrogen-bond acceptors (Lipinski definition) is 3. The van der Waals surface area contributed by atoms with Crippen molar-refractivity contribution in [3.05, 3.63) is 70.8 Å². The molecular weight excluding hydrogens is 417 g/mol. The summed E-state index contributed by atoms with van der Waals surface area (Å²) in [6, 6.07) is 12.9. The molecule has 4 nitrogen and oxygen atoms in total. The highest BCUT2D eigenvalue weighted by Crippen LogP contribution is 2.29. The molecule has 0 saturated heterocycles. The van der Waals surface area contributed by atoms with E-state index in [-0.39, 0.29) is 24.0 Å². The first-order chi connectivity index (χ1) is 14.9. The number of hydrogen-bond donors (Lipinski definition) is 0. The zero-order valence-electron chi connectivity index (χ0n) is 18.9. The third kappa shape index (κ3) is 6.58. The quantitative estimate of drug-likeness (QED) is 0.548. The molecule has 172 valence electrons. The van der Waals surface area contributed by atoms with Crippen LogP contribution in [0.25, 0.3) is 0 Å². The standard InChI is InChI=1S/C25H29F3N2O2/c1-17-5-9-19(10-6-17)22-13-21(32-29-22)16-30(23(31)14-24(2,3)4)15-18-7-11-20(12-8-18)25(26,27)28/h5-12,21H,13-16H2,1-4H3. The summed E-state index contributed by atoms with van der Waals surface area (Å²) in [7, 11) is 0. The molecule has 32 heavy (non-hydrogen) atoms. The highest BCUT2D eigenvalue weighted by Gasteiger charge is 2.31. The monoisotopic (exact) mass is 446 g/mol. The molecule has 0 aromatic heterocycles. The second-order valence-corrected chi connectivity index (χ2v) is 9.54. The molecule has 0 aliphatic carbocycles. The summed E-state index contributed by atoms with van der Waals surface area (Å²) in [5, 5.41) is 4.20. The molecule has 2 aromatic carbocycles. The molecule has 1 atom stereocenters. The van der Waals surface area contributed by atoms with Gasteiger partial charge in [0.1, 0.15) is 0 Å². The van der Waals surface area contributed by atoms with Crippen molar-refractivity contribution in [3.8, 4) is 0 Å². The zero-order valence-corrected chi connectivity index (χ0v) is 18.9. The Morgan fingerprint density at radius 2 is 1.69 bits per heavy atom. The van der Waals surface area contributed by atoms with Gasteiger partial charge < -0.3 is 9.74 Å². The minimum Gasteiger partial charge on any atom is -0.390 e. The summed E-state index contributed by atoms with van der Waals surface area (Å²) in [6.45, 7) is 8.48. The lowest BCUT2D eigenvalue weighted by molar-refractivity contribution is -0.138. The van der Waals surface area contributed by atoms with Crippen molar-refractivity contribution in [2.24, 2.45) is 10.6 Å². The molecule has 0 bridgehead atoms. The second-order valence-electron chi connectivity index (χ2n) is 9.54. The molecule has 7 heteroatoms. The predicted molar refractivity (Wildman–Crippen MR) is 118 cm³/mol. The second kappa shape index (κ2) is 9.35. The van der Waals surface area contributed by atoms with E-state index in [0.29, 0.717) is 24.9 Å². The van der Waals surface area contributed by atoms with E-state index in [1.54, 1.807) is 4.90 Å². The molecule has 0 radical (unpaired) electrons. The van der Waals surface area contributed by atoms with E-state index in [9.17, 15) is 18.0 Å². The summed E-state index contributed by atoms with van der Waals surface area (Å²) in [6.07, 6.45) is -3.80. The van der Waals surface area contributed by atoms with Crippen LogP contribution in [0.3, 0.4) is 0 Å². The molecule has 3 rings (SSSR count). The molecule has 0 N–H and O–H groups in total. The lowest BCUT2D eigenvalue weighted by Crippen LogP contribution is -2.38. The summed E-state index contributed by atoms with van der Waals surface area (Å²) >= 11 is 0. The van der Waals surface area contributed by atoms with Crippen LogP contribution in [0, 0.1) is 12.3 Å². The van der Waals surface area contributed by atoms with Gasteiger partial charge in [0.25, 0.3) is 0 Å². The van der Waals surface area contributed by atoms with Gasteiger partial charge in [-0.25, -0.2) is 0 Å². The number of carbonyl (C=O) groups excluding carboxylic acids is 1. The molecule has 0 saturated carbocycles. The van der Waals surface area contributed by atoms with E-state index in [1.165, 1.54) is 12.1 Å². The van der Waals surface area contributed by atoms with Gasteiger partial charge in [-0.15, -0.1) is 0 Å². The van der Waals surface area contributed by atoms with Crippen LogP contribution < -0.4 is 0 Å². The average molecular weight is 447 g/mol. The molecule has 1 unspecified atom stereocenters. The fourth-order valence-corrected chi connectivity index (χ4v) is 3.53. The highest BCUT2D eigenvalue weighted by atomic mass is 19.4. The maximum absolute atomic E-state index is 13.0. The number of carbonyl (C=O) groups is 1. The van der Waals surface area contributed by atoms with Crippen molar-refractivity contribution in [3.63, 3.8) is 0 Å². The molecule has 1 amide bonds. The van der Waals surface area contributed by atoms with Gasteiger partial charge >= 0.3 is 6.18 Å². The molecule has 0 fully saturated rings. The summed E-state index contributed by atoms with van der Waals surface area (Å²) in [5.74, 6) is -0.0650. The predicted octanol–water partition coefficient (Wildman–Crippen LogP) is 5.97. The molecule has 1 heterocycles. The number of alkyl halides is 3. The van der Waals surface area contributed by atoms with Gasteiger partial charge in [-0.3, -0.25) is 4.79 Å². The van der Waals surface area contributed by atoms with Crippen molar-refractivity contribution in [2.75, 3.05) is 6.54 Å². The van der Waals surface area contributed by atoms with Gasteiger partial charge in [-0.05, 0) is 35.6 Å². The van der Waals surface area contributed by atoms with E-state index in [4.69, 9.17) is 4.84 Å². The van der Waals surface area contributed by atoms with Gasteiger partial charge in [0.2, 0.25) is 5.91 Å². The first kappa shape index (κ1) is 23.8. The number of amides is 1. The Morgan fingerprint density at radius 1 is 1.06 bits per heavy atom. The molecule has 0 spiro atoms. The third-order valence-electron chi connectivity index (χ3n) is 5.23. The van der Waals surface area contributed by atoms with Gasteiger partial charge in [0.15, 0.2) is 6.10 Å².